The first-order chi connectivity index (χ1) is 14.7. The van der Waals surface area contributed by atoms with E-state index in [0.29, 0.717) is 36.7 Å². The maximum atomic E-state index is 12.8. The summed E-state index contributed by atoms with van der Waals surface area (Å²) < 4.78 is 17.8. The van der Waals surface area contributed by atoms with Crippen LogP contribution in [0.1, 0.15) is 31.7 Å². The average Bonchev–Trinajstić information content (AvgIpc) is 3.23. The van der Waals surface area contributed by atoms with Crippen molar-refractivity contribution in [1.82, 2.24) is 4.90 Å². The summed E-state index contributed by atoms with van der Waals surface area (Å²) in [7, 11) is 0. The molecule has 7 nitrogen and oxygen atoms in total. The molecule has 0 unspecified atom stereocenters. The Hall–Kier alpha value is -2.09. The van der Waals surface area contributed by atoms with Crippen LogP contribution in [0.25, 0.3) is 11.0 Å². The molecule has 3 heterocycles. The number of nitrogens with zero attached hydrogens (tertiary/aromatic N) is 2. The number of aliphatic hydroxyl groups excluding tert-OH is 1. The molecule has 4 rings (SSSR count). The zero-order valence-electron chi connectivity index (χ0n) is 17.8. The van der Waals surface area contributed by atoms with Crippen LogP contribution in [-0.2, 0) is 11.2 Å². The molecule has 0 bridgehead atoms. The van der Waals surface area contributed by atoms with Crippen molar-refractivity contribution in [3.8, 4) is 5.75 Å². The zero-order valence-corrected chi connectivity index (χ0v) is 17.8. The van der Waals surface area contributed by atoms with Gasteiger partial charge in [0.25, 0.3) is 0 Å². The number of aliphatic hydroxyl groups is 1. The Kier molecular flexibility index (Phi) is 6.92. The molecular formula is C23H32N2O5. The molecule has 1 atom stereocenters. The number of fused-ring (bicyclic) bond motifs is 1. The molecule has 2 aliphatic rings. The van der Waals surface area contributed by atoms with E-state index in [-0.39, 0.29) is 18.1 Å². The molecule has 0 aliphatic carbocycles. The minimum atomic E-state index is -0.0236. The average molecular weight is 417 g/mol. The van der Waals surface area contributed by atoms with Gasteiger partial charge >= 0.3 is 0 Å². The topological polar surface area (TPSA) is 75.4 Å². The molecule has 7 heteroatoms. The summed E-state index contributed by atoms with van der Waals surface area (Å²) in [5.41, 5.74) is 1.57. The quantitative estimate of drug-likeness (QED) is 0.708. The van der Waals surface area contributed by atoms with Gasteiger partial charge in [-0.2, -0.15) is 0 Å². The third-order valence-corrected chi connectivity index (χ3v) is 6.11. The highest BCUT2D eigenvalue weighted by molar-refractivity contribution is 5.83. The van der Waals surface area contributed by atoms with Crippen LogP contribution in [0.15, 0.2) is 27.4 Å². The van der Waals surface area contributed by atoms with Gasteiger partial charge in [-0.3, -0.25) is 9.69 Å². The van der Waals surface area contributed by atoms with Crippen molar-refractivity contribution >= 4 is 16.9 Å². The monoisotopic (exact) mass is 416 g/mol. The van der Waals surface area contributed by atoms with Crippen LogP contribution in [0.3, 0.4) is 0 Å². The van der Waals surface area contributed by atoms with Crippen LogP contribution in [0, 0.1) is 0 Å². The van der Waals surface area contributed by atoms with Gasteiger partial charge < -0.3 is 23.9 Å². The van der Waals surface area contributed by atoms with E-state index < -0.39 is 0 Å². The van der Waals surface area contributed by atoms with Gasteiger partial charge in [0.2, 0.25) is 0 Å². The smallest absolute Gasteiger partial charge is 0.200 e. The Bertz CT molecular complexity index is 906. The Morgan fingerprint density at radius 3 is 2.83 bits per heavy atom. The van der Waals surface area contributed by atoms with Crippen LogP contribution in [0.2, 0.25) is 0 Å². The number of anilines is 1. The van der Waals surface area contributed by atoms with Gasteiger partial charge in [-0.05, 0) is 37.9 Å². The molecule has 2 saturated heterocycles. The summed E-state index contributed by atoms with van der Waals surface area (Å²) in [5, 5.41) is 10.1. The van der Waals surface area contributed by atoms with E-state index in [9.17, 15) is 9.90 Å². The van der Waals surface area contributed by atoms with Crippen molar-refractivity contribution < 1.29 is 19.0 Å². The summed E-state index contributed by atoms with van der Waals surface area (Å²) in [6.07, 6.45) is 3.88. The number of benzene rings is 1. The third-order valence-electron chi connectivity index (χ3n) is 6.11. The summed E-state index contributed by atoms with van der Waals surface area (Å²) in [6, 6.07) is 5.54. The van der Waals surface area contributed by atoms with Crippen molar-refractivity contribution in [2.24, 2.45) is 0 Å². The fourth-order valence-corrected chi connectivity index (χ4v) is 4.47. The molecule has 2 aliphatic heterocycles. The summed E-state index contributed by atoms with van der Waals surface area (Å²) in [4.78, 5) is 17.1. The minimum absolute atomic E-state index is 0.0236. The second-order valence-corrected chi connectivity index (χ2v) is 8.08. The Balaban J connectivity index is 1.59. The number of morpholine rings is 1. The number of hydrogen-bond donors (Lipinski definition) is 1. The number of aryl methyl sites for hydroxylation is 1. The van der Waals surface area contributed by atoms with Gasteiger partial charge in [0, 0.05) is 37.3 Å². The number of hydrogen-bond acceptors (Lipinski definition) is 7. The maximum absolute atomic E-state index is 12.8. The van der Waals surface area contributed by atoms with Crippen LogP contribution >= 0.6 is 0 Å². The second kappa shape index (κ2) is 9.81. The molecule has 1 aromatic carbocycles. The van der Waals surface area contributed by atoms with Gasteiger partial charge in [0.1, 0.15) is 17.9 Å². The van der Waals surface area contributed by atoms with E-state index in [1.165, 1.54) is 0 Å². The van der Waals surface area contributed by atoms with Crippen molar-refractivity contribution in [3.05, 3.63) is 34.0 Å². The molecular weight excluding hydrogens is 384 g/mol. The standard InChI is InChI=1S/C23H32N2O5/c1-2-4-19-21(29-14-11-24-8-3-5-17(24)16-26)7-6-18-20(27)15-22(30-23(18)19)25-9-12-28-13-10-25/h6-7,15,17,26H,2-5,8-14,16H2,1H3/t17-/m1/s1. The number of rotatable bonds is 8. The van der Waals surface area contributed by atoms with E-state index in [1.54, 1.807) is 6.07 Å². The van der Waals surface area contributed by atoms with E-state index >= 15 is 0 Å². The SMILES string of the molecule is CCCc1c(OCCN2CCC[C@@H]2CO)ccc2c(=O)cc(N3CCOCC3)oc12. The Morgan fingerprint density at radius 1 is 1.23 bits per heavy atom. The van der Waals surface area contributed by atoms with Crippen LogP contribution in [0.4, 0.5) is 5.88 Å². The molecule has 0 amide bonds. The first kappa shape index (κ1) is 21.2. The summed E-state index contributed by atoms with van der Waals surface area (Å²) in [5.74, 6) is 1.39. The minimum Gasteiger partial charge on any atom is -0.492 e. The summed E-state index contributed by atoms with van der Waals surface area (Å²) >= 11 is 0. The van der Waals surface area contributed by atoms with Gasteiger partial charge in [0.05, 0.1) is 25.2 Å². The molecule has 1 N–H and O–H groups in total. The van der Waals surface area contributed by atoms with Crippen molar-refractivity contribution in [1.29, 1.82) is 0 Å². The van der Waals surface area contributed by atoms with Gasteiger partial charge in [-0.15, -0.1) is 0 Å². The molecule has 164 valence electrons. The van der Waals surface area contributed by atoms with Crippen LogP contribution in [-0.4, -0.2) is 68.7 Å². The first-order valence-electron chi connectivity index (χ1n) is 11.1. The van der Waals surface area contributed by atoms with Gasteiger partial charge in [0.15, 0.2) is 11.3 Å². The predicted octanol–water partition coefficient (Wildman–Crippen LogP) is 2.42. The van der Waals surface area contributed by atoms with E-state index in [4.69, 9.17) is 13.9 Å². The number of likely N-dealkylation sites (tertiary alicyclic amines) is 1. The fraction of sp³-hybridized carbons (Fsp3) is 0.609. The molecule has 30 heavy (non-hydrogen) atoms. The maximum Gasteiger partial charge on any atom is 0.200 e. The molecule has 2 aromatic rings. The van der Waals surface area contributed by atoms with Crippen LogP contribution in [0.5, 0.6) is 5.75 Å². The highest BCUT2D eigenvalue weighted by Gasteiger charge is 2.23. The largest absolute Gasteiger partial charge is 0.492 e. The molecule has 1 aromatic heterocycles. The van der Waals surface area contributed by atoms with Crippen molar-refractivity contribution in [3.63, 3.8) is 0 Å². The lowest BCUT2D eigenvalue weighted by molar-refractivity contribution is 0.121. The predicted molar refractivity (Wildman–Crippen MR) is 117 cm³/mol. The van der Waals surface area contributed by atoms with E-state index in [2.05, 4.69) is 16.7 Å². The first-order valence-corrected chi connectivity index (χ1v) is 11.1. The number of ether oxygens (including phenoxy) is 2. The van der Waals surface area contributed by atoms with Crippen molar-refractivity contribution in [2.45, 2.75) is 38.6 Å². The lowest BCUT2D eigenvalue weighted by Gasteiger charge is -2.27. The highest BCUT2D eigenvalue weighted by atomic mass is 16.5. The fourth-order valence-electron chi connectivity index (χ4n) is 4.47. The van der Waals surface area contributed by atoms with Gasteiger partial charge in [-0.1, -0.05) is 13.3 Å². The van der Waals surface area contributed by atoms with E-state index in [1.807, 2.05) is 12.1 Å². The molecule has 0 spiro atoms. The summed E-state index contributed by atoms with van der Waals surface area (Å²) in [6.45, 7) is 7.36. The molecule has 0 saturated carbocycles. The normalized spacial score (nSPS) is 20.2. The highest BCUT2D eigenvalue weighted by Crippen LogP contribution is 2.31. The van der Waals surface area contributed by atoms with Crippen LogP contribution < -0.4 is 15.1 Å². The Morgan fingerprint density at radius 2 is 2.07 bits per heavy atom. The second-order valence-electron chi connectivity index (χ2n) is 8.08. The lowest BCUT2D eigenvalue weighted by Crippen LogP contribution is -2.36. The Labute approximate surface area is 177 Å². The van der Waals surface area contributed by atoms with Gasteiger partial charge in [-0.25, -0.2) is 0 Å². The molecule has 2 fully saturated rings. The van der Waals surface area contributed by atoms with E-state index in [0.717, 1.165) is 63.2 Å². The molecule has 0 radical (unpaired) electrons. The zero-order chi connectivity index (χ0) is 20.9. The van der Waals surface area contributed by atoms with Crippen molar-refractivity contribution in [2.75, 3.05) is 57.5 Å². The third kappa shape index (κ3) is 4.48. The lowest BCUT2D eigenvalue weighted by atomic mass is 10.0.